The number of H-pyrrole nitrogens is 1. The van der Waals surface area contributed by atoms with E-state index < -0.39 is 5.97 Å². The number of carbonyl (C=O) groups excluding carboxylic acids is 2. The highest BCUT2D eigenvalue weighted by atomic mass is 16.5. The first-order chi connectivity index (χ1) is 5.77. The second kappa shape index (κ2) is 3.66. The van der Waals surface area contributed by atoms with Crippen molar-refractivity contribution in [2.24, 2.45) is 0 Å². The first-order valence-electron chi connectivity index (χ1n) is 3.45. The molecule has 5 nitrogen and oxygen atoms in total. The smallest absolute Gasteiger partial charge is 0.374 e. The number of nitrogens with one attached hydrogen (secondary N) is 1. The van der Waals surface area contributed by atoms with Crippen LogP contribution in [0.15, 0.2) is 6.20 Å². The molecule has 0 spiro atoms. The molecule has 0 bridgehead atoms. The van der Waals surface area contributed by atoms with Crippen LogP contribution in [0.25, 0.3) is 0 Å². The SMILES string of the molecule is CCOC(=O)c1ncc(C=O)[nH]1. The Morgan fingerprint density at radius 1 is 1.83 bits per heavy atom. The van der Waals surface area contributed by atoms with E-state index >= 15 is 0 Å². The molecule has 1 aromatic rings. The average Bonchev–Trinajstić information content (AvgIpc) is 2.52. The van der Waals surface area contributed by atoms with Crippen LogP contribution in [0, 0.1) is 0 Å². The molecule has 1 rings (SSSR count). The number of hydrogen-bond donors (Lipinski definition) is 1. The van der Waals surface area contributed by atoms with Gasteiger partial charge in [-0.15, -0.1) is 0 Å². The van der Waals surface area contributed by atoms with Gasteiger partial charge >= 0.3 is 5.97 Å². The molecule has 1 N–H and O–H groups in total. The number of aromatic nitrogens is 2. The minimum Gasteiger partial charge on any atom is -0.460 e. The average molecular weight is 168 g/mol. The molecular weight excluding hydrogens is 160 g/mol. The maximum atomic E-state index is 10.9. The molecule has 0 unspecified atom stereocenters. The Bertz CT molecular complexity index is 293. The summed E-state index contributed by atoms with van der Waals surface area (Å²) in [5.41, 5.74) is 0.262. The van der Waals surface area contributed by atoms with Crippen LogP contribution in [0.5, 0.6) is 0 Å². The van der Waals surface area contributed by atoms with Gasteiger partial charge in [0.15, 0.2) is 6.29 Å². The highest BCUT2D eigenvalue weighted by Gasteiger charge is 2.09. The van der Waals surface area contributed by atoms with E-state index in [1.807, 2.05) is 0 Å². The van der Waals surface area contributed by atoms with Gasteiger partial charge in [-0.25, -0.2) is 9.78 Å². The third kappa shape index (κ3) is 1.69. The molecule has 1 heterocycles. The largest absolute Gasteiger partial charge is 0.460 e. The summed E-state index contributed by atoms with van der Waals surface area (Å²) in [5, 5.41) is 0. The number of rotatable bonds is 3. The van der Waals surface area contributed by atoms with Crippen LogP contribution >= 0.6 is 0 Å². The number of imidazole rings is 1. The van der Waals surface area contributed by atoms with E-state index in [0.29, 0.717) is 6.29 Å². The van der Waals surface area contributed by atoms with Crippen LogP contribution in [0.2, 0.25) is 0 Å². The van der Waals surface area contributed by atoms with Crippen molar-refractivity contribution >= 4 is 12.3 Å². The minimum absolute atomic E-state index is 0.0546. The Balaban J connectivity index is 2.74. The van der Waals surface area contributed by atoms with Crippen molar-refractivity contribution in [3.8, 4) is 0 Å². The quantitative estimate of drug-likeness (QED) is 0.523. The fraction of sp³-hybridized carbons (Fsp3) is 0.286. The summed E-state index contributed by atoms with van der Waals surface area (Å²) in [6, 6.07) is 0. The predicted octanol–water partition coefficient (Wildman–Crippen LogP) is 0.399. The molecule has 0 amide bonds. The lowest BCUT2D eigenvalue weighted by molar-refractivity contribution is 0.0513. The van der Waals surface area contributed by atoms with Crippen molar-refractivity contribution < 1.29 is 14.3 Å². The molecule has 12 heavy (non-hydrogen) atoms. The van der Waals surface area contributed by atoms with E-state index in [4.69, 9.17) is 0 Å². The number of nitrogens with zero attached hydrogens (tertiary/aromatic N) is 1. The summed E-state index contributed by atoms with van der Waals surface area (Å²) in [7, 11) is 0. The summed E-state index contributed by atoms with van der Waals surface area (Å²) >= 11 is 0. The van der Waals surface area contributed by atoms with Crippen molar-refractivity contribution in [3.63, 3.8) is 0 Å². The molecule has 5 heteroatoms. The van der Waals surface area contributed by atoms with E-state index in [0.717, 1.165) is 0 Å². The molecule has 0 fully saturated rings. The van der Waals surface area contributed by atoms with Gasteiger partial charge in [-0.1, -0.05) is 0 Å². The third-order valence-electron chi connectivity index (χ3n) is 1.19. The number of esters is 1. The highest BCUT2D eigenvalue weighted by Crippen LogP contribution is 1.96. The number of hydrogen-bond acceptors (Lipinski definition) is 4. The second-order valence-electron chi connectivity index (χ2n) is 2.03. The number of ether oxygens (including phenoxy) is 1. The lowest BCUT2D eigenvalue weighted by Crippen LogP contribution is -2.06. The molecule has 0 aromatic carbocycles. The number of aromatic amines is 1. The maximum absolute atomic E-state index is 10.9. The van der Waals surface area contributed by atoms with Gasteiger partial charge in [-0.05, 0) is 6.92 Å². The zero-order valence-electron chi connectivity index (χ0n) is 6.53. The van der Waals surface area contributed by atoms with E-state index in [1.54, 1.807) is 6.92 Å². The van der Waals surface area contributed by atoms with Crippen LogP contribution in [0.3, 0.4) is 0 Å². The van der Waals surface area contributed by atoms with Crippen molar-refractivity contribution in [1.29, 1.82) is 0 Å². The van der Waals surface area contributed by atoms with Crippen molar-refractivity contribution in [1.82, 2.24) is 9.97 Å². The predicted molar refractivity (Wildman–Crippen MR) is 39.9 cm³/mol. The van der Waals surface area contributed by atoms with E-state index in [2.05, 4.69) is 14.7 Å². The summed E-state index contributed by atoms with van der Waals surface area (Å²) in [6.07, 6.45) is 1.86. The standard InChI is InChI=1S/C7H8N2O3/c1-2-12-7(11)6-8-3-5(4-10)9-6/h3-4H,2H2,1H3,(H,8,9). The fourth-order valence-corrected chi connectivity index (χ4v) is 0.698. The van der Waals surface area contributed by atoms with Gasteiger partial charge in [0.1, 0.15) is 0 Å². The van der Waals surface area contributed by atoms with Crippen LogP contribution in [-0.4, -0.2) is 28.8 Å². The monoisotopic (exact) mass is 168 g/mol. The van der Waals surface area contributed by atoms with Gasteiger partial charge in [0.25, 0.3) is 0 Å². The summed E-state index contributed by atoms with van der Waals surface area (Å²) in [6.45, 7) is 1.98. The summed E-state index contributed by atoms with van der Waals surface area (Å²) in [4.78, 5) is 27.3. The zero-order valence-corrected chi connectivity index (χ0v) is 6.53. The van der Waals surface area contributed by atoms with Gasteiger partial charge in [-0.3, -0.25) is 4.79 Å². The van der Waals surface area contributed by atoms with Crippen LogP contribution in [-0.2, 0) is 4.74 Å². The maximum Gasteiger partial charge on any atom is 0.374 e. The number of carbonyl (C=O) groups is 2. The molecule has 0 saturated heterocycles. The molecule has 1 aromatic heterocycles. The summed E-state index contributed by atoms with van der Waals surface area (Å²) < 4.78 is 4.64. The Morgan fingerprint density at radius 2 is 2.58 bits per heavy atom. The Hall–Kier alpha value is -1.65. The number of aldehydes is 1. The van der Waals surface area contributed by atoms with Gasteiger partial charge < -0.3 is 9.72 Å². The molecule has 0 radical (unpaired) electrons. The normalized spacial score (nSPS) is 9.42. The van der Waals surface area contributed by atoms with E-state index in [-0.39, 0.29) is 18.1 Å². The van der Waals surface area contributed by atoms with Crippen molar-refractivity contribution in [2.45, 2.75) is 6.92 Å². The molecule has 0 aliphatic carbocycles. The van der Waals surface area contributed by atoms with Gasteiger partial charge in [0, 0.05) is 0 Å². The molecule has 0 atom stereocenters. The summed E-state index contributed by atoms with van der Waals surface area (Å²) in [5.74, 6) is -0.496. The van der Waals surface area contributed by atoms with Gasteiger partial charge in [-0.2, -0.15) is 0 Å². The topological polar surface area (TPSA) is 72.0 Å². The highest BCUT2D eigenvalue weighted by molar-refractivity contribution is 5.86. The molecular formula is C7H8N2O3. The minimum atomic E-state index is -0.550. The van der Waals surface area contributed by atoms with Crippen LogP contribution in [0.4, 0.5) is 0 Å². The first kappa shape index (κ1) is 8.45. The van der Waals surface area contributed by atoms with Crippen LogP contribution in [0.1, 0.15) is 28.0 Å². The third-order valence-corrected chi connectivity index (χ3v) is 1.19. The Morgan fingerprint density at radius 3 is 3.08 bits per heavy atom. The zero-order chi connectivity index (χ0) is 8.97. The van der Waals surface area contributed by atoms with Crippen molar-refractivity contribution in [2.75, 3.05) is 6.61 Å². The molecule has 0 aliphatic rings. The van der Waals surface area contributed by atoms with Crippen molar-refractivity contribution in [3.05, 3.63) is 17.7 Å². The first-order valence-corrected chi connectivity index (χ1v) is 3.45. The Kier molecular flexibility index (Phi) is 2.57. The lowest BCUT2D eigenvalue weighted by atomic mass is 10.5. The molecule has 64 valence electrons. The Labute approximate surface area is 68.8 Å². The fourth-order valence-electron chi connectivity index (χ4n) is 0.698. The van der Waals surface area contributed by atoms with E-state index in [9.17, 15) is 9.59 Å². The lowest BCUT2D eigenvalue weighted by Gasteiger charge is -1.95. The van der Waals surface area contributed by atoms with Crippen LogP contribution < -0.4 is 0 Å². The van der Waals surface area contributed by atoms with Gasteiger partial charge in [0.05, 0.1) is 18.5 Å². The van der Waals surface area contributed by atoms with Gasteiger partial charge in [0.2, 0.25) is 5.82 Å². The molecule has 0 aliphatic heterocycles. The molecule has 0 saturated carbocycles. The van der Waals surface area contributed by atoms with E-state index in [1.165, 1.54) is 6.20 Å². The second-order valence-corrected chi connectivity index (χ2v) is 2.03.